The number of benzene rings is 1. The van der Waals surface area contributed by atoms with E-state index in [1.165, 1.54) is 19.2 Å². The first-order chi connectivity index (χ1) is 10.5. The third-order valence-electron chi connectivity index (χ3n) is 3.60. The van der Waals surface area contributed by atoms with Gasteiger partial charge in [-0.1, -0.05) is 11.6 Å². The van der Waals surface area contributed by atoms with E-state index in [2.05, 4.69) is 10.2 Å². The first-order valence-corrected chi connectivity index (χ1v) is 7.39. The fourth-order valence-corrected chi connectivity index (χ4v) is 2.68. The van der Waals surface area contributed by atoms with Crippen LogP contribution in [0.3, 0.4) is 0 Å². The van der Waals surface area contributed by atoms with Gasteiger partial charge < -0.3 is 15.0 Å². The zero-order valence-electron chi connectivity index (χ0n) is 12.3. The van der Waals surface area contributed by atoms with E-state index in [0.29, 0.717) is 6.54 Å². The van der Waals surface area contributed by atoms with E-state index in [-0.39, 0.29) is 34.2 Å². The number of carbonyl (C=O) groups is 1. The summed E-state index contributed by atoms with van der Waals surface area (Å²) in [6, 6.07) is 2.61. The maximum absolute atomic E-state index is 12.4. The fourth-order valence-electron chi connectivity index (χ4n) is 2.47. The van der Waals surface area contributed by atoms with Crippen LogP contribution in [-0.4, -0.2) is 55.4 Å². The van der Waals surface area contributed by atoms with Gasteiger partial charge in [0.1, 0.15) is 0 Å². The first-order valence-electron chi connectivity index (χ1n) is 7.01. The van der Waals surface area contributed by atoms with E-state index in [9.17, 15) is 14.9 Å². The Morgan fingerprint density at radius 3 is 2.73 bits per heavy atom. The maximum Gasteiger partial charge on any atom is 0.313 e. The van der Waals surface area contributed by atoms with Crippen molar-refractivity contribution in [2.24, 2.45) is 0 Å². The highest BCUT2D eigenvalue weighted by Gasteiger charge is 2.24. The SMILES string of the molecule is COc1c(C(=O)CCN2CCNCC2)cc(Cl)cc1[N+](=O)[O-]. The van der Waals surface area contributed by atoms with Crippen LogP contribution in [0.1, 0.15) is 16.8 Å². The quantitative estimate of drug-likeness (QED) is 0.486. The number of ether oxygens (including phenoxy) is 1. The van der Waals surface area contributed by atoms with E-state index < -0.39 is 4.92 Å². The molecular weight excluding hydrogens is 310 g/mol. The smallest absolute Gasteiger partial charge is 0.313 e. The Morgan fingerprint density at radius 2 is 2.14 bits per heavy atom. The molecule has 1 aromatic rings. The Balaban J connectivity index is 2.15. The van der Waals surface area contributed by atoms with Crippen molar-refractivity contribution >= 4 is 23.1 Å². The molecule has 1 N–H and O–H groups in total. The van der Waals surface area contributed by atoms with Gasteiger partial charge in [-0.15, -0.1) is 0 Å². The minimum atomic E-state index is -0.599. The number of hydrogen-bond donors (Lipinski definition) is 1. The molecule has 1 saturated heterocycles. The van der Waals surface area contributed by atoms with Gasteiger partial charge in [-0.25, -0.2) is 0 Å². The molecule has 0 radical (unpaired) electrons. The molecule has 1 aliphatic rings. The molecule has 0 saturated carbocycles. The Morgan fingerprint density at radius 1 is 1.45 bits per heavy atom. The maximum atomic E-state index is 12.4. The van der Waals surface area contributed by atoms with Gasteiger partial charge in [0, 0.05) is 50.2 Å². The normalized spacial score (nSPS) is 15.5. The van der Waals surface area contributed by atoms with Gasteiger partial charge in [-0.05, 0) is 6.07 Å². The Hall–Kier alpha value is -1.70. The van der Waals surface area contributed by atoms with Crippen molar-refractivity contribution in [1.82, 2.24) is 10.2 Å². The summed E-state index contributed by atoms with van der Waals surface area (Å²) in [6.45, 7) is 4.20. The first kappa shape index (κ1) is 16.7. The van der Waals surface area contributed by atoms with Crippen molar-refractivity contribution in [2.75, 3.05) is 39.8 Å². The summed E-state index contributed by atoms with van der Waals surface area (Å²) in [4.78, 5) is 25.0. The van der Waals surface area contributed by atoms with Crippen molar-refractivity contribution < 1.29 is 14.5 Å². The number of rotatable bonds is 6. The standard InChI is InChI=1S/C14H18ClN3O4/c1-22-14-11(8-10(15)9-12(14)18(20)21)13(19)2-5-17-6-3-16-4-7-17/h8-9,16H,2-7H2,1H3. The third-order valence-corrected chi connectivity index (χ3v) is 3.82. The number of piperazine rings is 1. The summed E-state index contributed by atoms with van der Waals surface area (Å²) in [7, 11) is 1.31. The van der Waals surface area contributed by atoms with Crippen LogP contribution < -0.4 is 10.1 Å². The zero-order chi connectivity index (χ0) is 16.1. The number of nitro groups is 1. The molecule has 1 fully saturated rings. The van der Waals surface area contributed by atoms with E-state index in [0.717, 1.165) is 26.2 Å². The molecular formula is C14H18ClN3O4. The number of nitrogens with one attached hydrogen (secondary N) is 1. The molecule has 0 atom stereocenters. The van der Waals surface area contributed by atoms with E-state index >= 15 is 0 Å². The highest BCUT2D eigenvalue weighted by molar-refractivity contribution is 6.31. The van der Waals surface area contributed by atoms with Crippen LogP contribution in [0.4, 0.5) is 5.69 Å². The number of halogens is 1. The molecule has 0 spiro atoms. The van der Waals surface area contributed by atoms with Gasteiger partial charge in [0.2, 0.25) is 5.75 Å². The zero-order valence-corrected chi connectivity index (χ0v) is 13.1. The number of nitro benzene ring substituents is 1. The van der Waals surface area contributed by atoms with Gasteiger partial charge in [0.25, 0.3) is 0 Å². The molecule has 0 amide bonds. The molecule has 2 rings (SSSR count). The highest BCUT2D eigenvalue weighted by Crippen LogP contribution is 2.34. The van der Waals surface area contributed by atoms with Gasteiger partial charge in [0.05, 0.1) is 17.6 Å². The van der Waals surface area contributed by atoms with Gasteiger partial charge in [0.15, 0.2) is 5.78 Å². The summed E-state index contributed by atoms with van der Waals surface area (Å²) < 4.78 is 5.06. The second kappa shape index (κ2) is 7.53. The van der Waals surface area contributed by atoms with Crippen LogP contribution >= 0.6 is 11.6 Å². The summed E-state index contributed by atoms with van der Waals surface area (Å²) >= 11 is 5.89. The van der Waals surface area contributed by atoms with E-state index in [1.54, 1.807) is 0 Å². The Labute approximate surface area is 133 Å². The van der Waals surface area contributed by atoms with Gasteiger partial charge in [-0.3, -0.25) is 14.9 Å². The lowest BCUT2D eigenvalue weighted by atomic mass is 10.1. The Bertz CT molecular complexity index is 573. The molecule has 1 aliphatic heterocycles. The second-order valence-corrected chi connectivity index (χ2v) is 5.46. The molecule has 22 heavy (non-hydrogen) atoms. The molecule has 120 valence electrons. The third kappa shape index (κ3) is 3.94. The van der Waals surface area contributed by atoms with Crippen LogP contribution in [0.2, 0.25) is 5.02 Å². The largest absolute Gasteiger partial charge is 0.490 e. The molecule has 0 aromatic heterocycles. The lowest BCUT2D eigenvalue weighted by molar-refractivity contribution is -0.385. The van der Waals surface area contributed by atoms with Crippen LogP contribution in [0, 0.1) is 10.1 Å². The van der Waals surface area contributed by atoms with Crippen molar-refractivity contribution in [1.29, 1.82) is 0 Å². The highest BCUT2D eigenvalue weighted by atomic mass is 35.5. The topological polar surface area (TPSA) is 84.7 Å². The molecule has 0 unspecified atom stereocenters. The lowest BCUT2D eigenvalue weighted by Gasteiger charge is -2.26. The van der Waals surface area contributed by atoms with Crippen molar-refractivity contribution in [3.8, 4) is 5.75 Å². The van der Waals surface area contributed by atoms with Crippen LogP contribution in [-0.2, 0) is 0 Å². The average molecular weight is 328 g/mol. The molecule has 1 heterocycles. The van der Waals surface area contributed by atoms with Gasteiger partial charge in [-0.2, -0.15) is 0 Å². The van der Waals surface area contributed by atoms with Crippen molar-refractivity contribution in [3.63, 3.8) is 0 Å². The van der Waals surface area contributed by atoms with Crippen molar-refractivity contribution in [2.45, 2.75) is 6.42 Å². The predicted molar refractivity (Wildman–Crippen MR) is 82.9 cm³/mol. The second-order valence-electron chi connectivity index (χ2n) is 5.03. The molecule has 1 aromatic carbocycles. The Kier molecular flexibility index (Phi) is 5.70. The minimum absolute atomic E-state index is 0.0280. The van der Waals surface area contributed by atoms with Crippen molar-refractivity contribution in [3.05, 3.63) is 32.8 Å². The number of ketones is 1. The number of carbonyl (C=O) groups excluding carboxylic acids is 1. The summed E-state index contributed by atoms with van der Waals surface area (Å²) in [5.74, 6) is -0.235. The molecule has 0 aliphatic carbocycles. The monoisotopic (exact) mass is 327 g/mol. The van der Waals surface area contributed by atoms with Gasteiger partial charge >= 0.3 is 5.69 Å². The number of nitrogens with zero attached hydrogens (tertiary/aromatic N) is 2. The van der Waals surface area contributed by atoms with E-state index in [4.69, 9.17) is 16.3 Å². The summed E-state index contributed by atoms with van der Waals surface area (Å²) in [5, 5.41) is 14.4. The van der Waals surface area contributed by atoms with E-state index in [1.807, 2.05) is 0 Å². The van der Waals surface area contributed by atoms with Crippen LogP contribution in [0.15, 0.2) is 12.1 Å². The lowest BCUT2D eigenvalue weighted by Crippen LogP contribution is -2.44. The predicted octanol–water partition coefficient (Wildman–Crippen LogP) is 1.73. The number of methoxy groups -OCH3 is 1. The van der Waals surface area contributed by atoms with Crippen LogP contribution in [0.25, 0.3) is 0 Å². The number of Topliss-reactive ketones (excluding diaryl/α,β-unsaturated/α-hetero) is 1. The minimum Gasteiger partial charge on any atom is -0.490 e. The summed E-state index contributed by atoms with van der Waals surface area (Å²) in [6.07, 6.45) is 0.272. The molecule has 8 heteroatoms. The average Bonchev–Trinajstić information content (AvgIpc) is 2.52. The molecule has 0 bridgehead atoms. The van der Waals surface area contributed by atoms with Crippen LogP contribution in [0.5, 0.6) is 5.75 Å². The molecule has 7 nitrogen and oxygen atoms in total. The fraction of sp³-hybridized carbons (Fsp3) is 0.500. The number of hydrogen-bond acceptors (Lipinski definition) is 6. The summed E-state index contributed by atoms with van der Waals surface area (Å²) in [5.41, 5.74) is -0.127.